The Morgan fingerprint density at radius 2 is 1.83 bits per heavy atom. The van der Waals surface area contributed by atoms with Crippen LogP contribution in [0.5, 0.6) is 0 Å². The van der Waals surface area contributed by atoms with Crippen LogP contribution >= 0.6 is 0 Å². The maximum absolute atomic E-state index is 9.88. The maximum atomic E-state index is 9.88. The van der Waals surface area contributed by atoms with Gasteiger partial charge in [0.2, 0.25) is 0 Å². The summed E-state index contributed by atoms with van der Waals surface area (Å²) in [5.41, 5.74) is 0.329. The molecule has 0 aliphatic heterocycles. The molecule has 0 aliphatic carbocycles. The van der Waals surface area contributed by atoms with Gasteiger partial charge in [0.05, 0.1) is 5.60 Å². The summed E-state index contributed by atoms with van der Waals surface area (Å²) >= 11 is 0. The minimum absolute atomic E-state index is 0.127. The van der Waals surface area contributed by atoms with E-state index in [1.807, 2.05) is 13.8 Å². The standard InChI is InChI=1S/C10H20O2/c1-4-10(12,5-2)8-9(3)6-7-11/h11-12H,3-8H2,1-2H3. The summed E-state index contributed by atoms with van der Waals surface area (Å²) in [5.74, 6) is 0. The lowest BCUT2D eigenvalue weighted by Gasteiger charge is -2.25. The molecule has 12 heavy (non-hydrogen) atoms. The van der Waals surface area contributed by atoms with Crippen LogP contribution in [0.25, 0.3) is 0 Å². The van der Waals surface area contributed by atoms with Crippen molar-refractivity contribution in [1.82, 2.24) is 0 Å². The highest BCUT2D eigenvalue weighted by molar-refractivity contribution is 5.00. The van der Waals surface area contributed by atoms with E-state index in [0.717, 1.165) is 18.4 Å². The molecule has 0 saturated carbocycles. The van der Waals surface area contributed by atoms with E-state index < -0.39 is 5.60 Å². The molecule has 0 amide bonds. The first-order valence-corrected chi connectivity index (χ1v) is 4.58. The molecule has 0 fully saturated rings. The lowest BCUT2D eigenvalue weighted by atomic mass is 9.89. The van der Waals surface area contributed by atoms with Gasteiger partial charge in [0.1, 0.15) is 0 Å². The molecule has 0 aromatic rings. The smallest absolute Gasteiger partial charge is 0.0679 e. The normalized spacial score (nSPS) is 11.7. The fourth-order valence-corrected chi connectivity index (χ4v) is 1.21. The molecule has 0 atom stereocenters. The van der Waals surface area contributed by atoms with E-state index in [9.17, 15) is 5.11 Å². The molecule has 2 heteroatoms. The highest BCUT2D eigenvalue weighted by Gasteiger charge is 2.22. The van der Waals surface area contributed by atoms with Crippen LogP contribution in [-0.4, -0.2) is 22.4 Å². The van der Waals surface area contributed by atoms with E-state index in [-0.39, 0.29) is 6.61 Å². The van der Waals surface area contributed by atoms with Crippen LogP contribution in [0, 0.1) is 0 Å². The average molecular weight is 172 g/mol. The van der Waals surface area contributed by atoms with Gasteiger partial charge in [-0.05, 0) is 25.7 Å². The van der Waals surface area contributed by atoms with E-state index in [2.05, 4.69) is 6.58 Å². The van der Waals surface area contributed by atoms with E-state index in [1.54, 1.807) is 0 Å². The predicted molar refractivity (Wildman–Crippen MR) is 51.0 cm³/mol. The zero-order valence-corrected chi connectivity index (χ0v) is 8.14. The minimum atomic E-state index is -0.605. The Balaban J connectivity index is 3.93. The number of rotatable bonds is 6. The summed E-state index contributed by atoms with van der Waals surface area (Å²) in [5, 5.41) is 18.5. The van der Waals surface area contributed by atoms with E-state index in [1.165, 1.54) is 0 Å². The van der Waals surface area contributed by atoms with Gasteiger partial charge >= 0.3 is 0 Å². The Morgan fingerprint density at radius 3 is 2.17 bits per heavy atom. The molecule has 0 unspecified atom stereocenters. The zero-order chi connectivity index (χ0) is 9.61. The van der Waals surface area contributed by atoms with Crippen LogP contribution in [0.15, 0.2) is 12.2 Å². The minimum Gasteiger partial charge on any atom is -0.396 e. The molecular formula is C10H20O2. The zero-order valence-electron chi connectivity index (χ0n) is 8.14. The van der Waals surface area contributed by atoms with E-state index in [4.69, 9.17) is 5.11 Å². The Bertz CT molecular complexity index is 137. The molecule has 0 rings (SSSR count). The number of hydrogen-bond acceptors (Lipinski definition) is 2. The third-order valence-electron chi connectivity index (χ3n) is 2.36. The lowest BCUT2D eigenvalue weighted by molar-refractivity contribution is 0.0316. The molecule has 0 saturated heterocycles. The molecule has 0 spiro atoms. The van der Waals surface area contributed by atoms with Crippen LogP contribution in [0.2, 0.25) is 0 Å². The Hall–Kier alpha value is -0.340. The topological polar surface area (TPSA) is 40.5 Å². The van der Waals surface area contributed by atoms with Crippen LogP contribution in [0.1, 0.15) is 39.5 Å². The van der Waals surface area contributed by atoms with Crippen molar-refractivity contribution in [2.45, 2.75) is 45.1 Å². The number of aliphatic hydroxyl groups is 2. The summed E-state index contributed by atoms with van der Waals surface area (Å²) < 4.78 is 0. The van der Waals surface area contributed by atoms with E-state index in [0.29, 0.717) is 12.8 Å². The summed E-state index contributed by atoms with van der Waals surface area (Å²) in [6.07, 6.45) is 2.70. The number of aliphatic hydroxyl groups excluding tert-OH is 1. The highest BCUT2D eigenvalue weighted by atomic mass is 16.3. The number of hydrogen-bond donors (Lipinski definition) is 2. The van der Waals surface area contributed by atoms with Crippen molar-refractivity contribution >= 4 is 0 Å². The van der Waals surface area contributed by atoms with Gasteiger partial charge in [-0.1, -0.05) is 26.0 Å². The summed E-state index contributed by atoms with van der Waals surface area (Å²) in [7, 11) is 0. The second-order valence-corrected chi connectivity index (χ2v) is 3.33. The van der Waals surface area contributed by atoms with Gasteiger partial charge in [-0.15, -0.1) is 0 Å². The SMILES string of the molecule is C=C(CCO)CC(O)(CC)CC. The van der Waals surface area contributed by atoms with Crippen LogP contribution < -0.4 is 0 Å². The maximum Gasteiger partial charge on any atom is 0.0679 e. The molecule has 0 radical (unpaired) electrons. The predicted octanol–water partition coefficient (Wildman–Crippen LogP) is 1.87. The first kappa shape index (κ1) is 11.7. The molecule has 0 heterocycles. The summed E-state index contributed by atoms with van der Waals surface area (Å²) in [6.45, 7) is 7.87. The summed E-state index contributed by atoms with van der Waals surface area (Å²) in [6, 6.07) is 0. The van der Waals surface area contributed by atoms with Crippen molar-refractivity contribution in [2.75, 3.05) is 6.61 Å². The molecule has 72 valence electrons. The van der Waals surface area contributed by atoms with Gasteiger partial charge in [-0.2, -0.15) is 0 Å². The third kappa shape index (κ3) is 3.88. The first-order chi connectivity index (χ1) is 5.58. The molecule has 0 aromatic heterocycles. The van der Waals surface area contributed by atoms with Crippen molar-refractivity contribution in [3.63, 3.8) is 0 Å². The monoisotopic (exact) mass is 172 g/mol. The van der Waals surface area contributed by atoms with Crippen molar-refractivity contribution in [3.05, 3.63) is 12.2 Å². The molecular weight excluding hydrogens is 152 g/mol. The van der Waals surface area contributed by atoms with Gasteiger partial charge in [-0.3, -0.25) is 0 Å². The van der Waals surface area contributed by atoms with Crippen LogP contribution in [-0.2, 0) is 0 Å². The quantitative estimate of drug-likeness (QED) is 0.600. The molecule has 0 aliphatic rings. The average Bonchev–Trinajstić information content (AvgIpc) is 2.05. The van der Waals surface area contributed by atoms with Gasteiger partial charge in [0, 0.05) is 6.61 Å². The van der Waals surface area contributed by atoms with Crippen molar-refractivity contribution < 1.29 is 10.2 Å². The first-order valence-electron chi connectivity index (χ1n) is 4.58. The van der Waals surface area contributed by atoms with Crippen LogP contribution in [0.3, 0.4) is 0 Å². The second kappa shape index (κ2) is 5.33. The molecule has 0 aromatic carbocycles. The summed E-state index contributed by atoms with van der Waals surface area (Å²) in [4.78, 5) is 0. The highest BCUT2D eigenvalue weighted by Crippen LogP contribution is 2.24. The van der Waals surface area contributed by atoms with Gasteiger partial charge < -0.3 is 10.2 Å². The Labute approximate surface area is 74.9 Å². The van der Waals surface area contributed by atoms with Gasteiger partial charge in [0.15, 0.2) is 0 Å². The Kier molecular flexibility index (Phi) is 5.18. The lowest BCUT2D eigenvalue weighted by Crippen LogP contribution is -2.27. The third-order valence-corrected chi connectivity index (χ3v) is 2.36. The van der Waals surface area contributed by atoms with Crippen LogP contribution in [0.4, 0.5) is 0 Å². The molecule has 0 bridgehead atoms. The van der Waals surface area contributed by atoms with Gasteiger partial charge in [0.25, 0.3) is 0 Å². The van der Waals surface area contributed by atoms with Crippen molar-refractivity contribution in [2.24, 2.45) is 0 Å². The second-order valence-electron chi connectivity index (χ2n) is 3.33. The fourth-order valence-electron chi connectivity index (χ4n) is 1.21. The largest absolute Gasteiger partial charge is 0.396 e. The Morgan fingerprint density at radius 1 is 1.33 bits per heavy atom. The van der Waals surface area contributed by atoms with Crippen molar-refractivity contribution in [3.8, 4) is 0 Å². The van der Waals surface area contributed by atoms with Crippen molar-refractivity contribution in [1.29, 1.82) is 0 Å². The van der Waals surface area contributed by atoms with E-state index >= 15 is 0 Å². The molecule has 2 nitrogen and oxygen atoms in total. The molecule has 2 N–H and O–H groups in total. The van der Waals surface area contributed by atoms with Gasteiger partial charge in [-0.25, -0.2) is 0 Å². The fraction of sp³-hybridized carbons (Fsp3) is 0.800.